The van der Waals surface area contributed by atoms with Crippen molar-refractivity contribution in [3.8, 4) is 0 Å². The van der Waals surface area contributed by atoms with Crippen LogP contribution in [0.1, 0.15) is 36.0 Å². The van der Waals surface area contributed by atoms with Crippen molar-refractivity contribution in [1.82, 2.24) is 4.98 Å². The number of anilines is 1. The molecule has 1 saturated carbocycles. The highest BCUT2D eigenvalue weighted by molar-refractivity contribution is 6.68. The smallest absolute Gasteiger partial charge is 0.256 e. The van der Waals surface area contributed by atoms with Crippen LogP contribution < -0.4 is 10.5 Å². The molecule has 0 N–H and O–H groups in total. The van der Waals surface area contributed by atoms with Crippen LogP contribution in [0.3, 0.4) is 0 Å². The number of hydrogen-bond acceptors (Lipinski definition) is 3. The molecule has 2 aliphatic rings. The fourth-order valence-corrected chi connectivity index (χ4v) is 2.87. The third kappa shape index (κ3) is 2.14. The first-order valence-corrected chi connectivity index (χ1v) is 6.69. The van der Waals surface area contributed by atoms with Crippen LogP contribution in [0, 0.1) is 5.41 Å². The number of aromatic nitrogens is 1. The second-order valence-corrected chi connectivity index (χ2v) is 5.71. The summed E-state index contributed by atoms with van der Waals surface area (Å²) in [6.45, 7) is 1.88. The van der Waals surface area contributed by atoms with Gasteiger partial charge in [0.1, 0.15) is 13.7 Å². The molecule has 0 unspecified atom stereocenters. The van der Waals surface area contributed by atoms with Crippen LogP contribution in [0.15, 0.2) is 12.1 Å². The molecular formula is C13H14BClN2O. The maximum atomic E-state index is 11.4. The van der Waals surface area contributed by atoms with Crippen LogP contribution in [-0.2, 0) is 0 Å². The predicted octanol–water partition coefficient (Wildman–Crippen LogP) is 1.63. The first kappa shape index (κ1) is 12.0. The van der Waals surface area contributed by atoms with E-state index in [1.807, 2.05) is 0 Å². The molecule has 1 aromatic rings. The van der Waals surface area contributed by atoms with E-state index in [2.05, 4.69) is 9.88 Å². The van der Waals surface area contributed by atoms with Crippen LogP contribution in [0.4, 0.5) is 5.82 Å². The SMILES string of the molecule is [B]c1ccc(C(=O)Cl)c(N2CCC3(CC2)CC3)n1. The van der Waals surface area contributed by atoms with Crippen molar-refractivity contribution >= 4 is 36.1 Å². The number of carbonyl (C=O) groups excluding carboxylic acids is 1. The van der Waals surface area contributed by atoms with Gasteiger partial charge >= 0.3 is 0 Å². The van der Waals surface area contributed by atoms with Gasteiger partial charge in [0.05, 0.1) is 5.56 Å². The molecule has 1 saturated heterocycles. The molecular weight excluding hydrogens is 246 g/mol. The van der Waals surface area contributed by atoms with Crippen molar-refractivity contribution < 1.29 is 4.79 Å². The molecule has 2 fully saturated rings. The van der Waals surface area contributed by atoms with E-state index in [1.165, 1.54) is 25.7 Å². The van der Waals surface area contributed by atoms with Crippen LogP contribution in [-0.4, -0.2) is 31.2 Å². The van der Waals surface area contributed by atoms with Crippen LogP contribution >= 0.6 is 11.6 Å². The van der Waals surface area contributed by atoms with Gasteiger partial charge in [-0.3, -0.25) is 4.79 Å². The summed E-state index contributed by atoms with van der Waals surface area (Å²) in [5, 5.41) is -0.468. The Balaban J connectivity index is 1.86. The van der Waals surface area contributed by atoms with Gasteiger partial charge in [-0.1, -0.05) is 6.07 Å². The molecule has 3 rings (SSSR count). The molecule has 1 aliphatic carbocycles. The zero-order valence-corrected chi connectivity index (χ0v) is 10.9. The number of carbonyl (C=O) groups is 1. The van der Waals surface area contributed by atoms with Gasteiger partial charge < -0.3 is 4.90 Å². The van der Waals surface area contributed by atoms with Gasteiger partial charge in [-0.2, -0.15) is 0 Å². The van der Waals surface area contributed by atoms with Gasteiger partial charge in [-0.15, -0.1) is 0 Å². The number of nitrogens with zero attached hydrogens (tertiary/aromatic N) is 2. The topological polar surface area (TPSA) is 33.2 Å². The van der Waals surface area contributed by atoms with Crippen molar-refractivity contribution in [2.24, 2.45) is 5.41 Å². The average molecular weight is 261 g/mol. The molecule has 0 amide bonds. The van der Waals surface area contributed by atoms with Crippen molar-refractivity contribution in [1.29, 1.82) is 0 Å². The second-order valence-electron chi connectivity index (χ2n) is 5.37. The lowest BCUT2D eigenvalue weighted by atomic mass is 9.93. The fraction of sp³-hybridized carbons (Fsp3) is 0.538. The van der Waals surface area contributed by atoms with E-state index in [0.717, 1.165) is 13.1 Å². The van der Waals surface area contributed by atoms with E-state index in [-0.39, 0.29) is 0 Å². The number of piperidine rings is 1. The highest BCUT2D eigenvalue weighted by Crippen LogP contribution is 2.53. The maximum absolute atomic E-state index is 11.4. The number of pyridine rings is 1. The molecule has 1 spiro atoms. The Kier molecular flexibility index (Phi) is 2.85. The summed E-state index contributed by atoms with van der Waals surface area (Å²) in [6, 6.07) is 3.28. The Morgan fingerprint density at radius 3 is 2.50 bits per heavy atom. The van der Waals surface area contributed by atoms with Gasteiger partial charge in [0.15, 0.2) is 0 Å². The molecule has 2 radical (unpaired) electrons. The normalized spacial score (nSPS) is 21.1. The van der Waals surface area contributed by atoms with E-state index >= 15 is 0 Å². The van der Waals surface area contributed by atoms with Crippen LogP contribution in [0.5, 0.6) is 0 Å². The van der Waals surface area contributed by atoms with Gasteiger partial charge in [-0.25, -0.2) is 4.98 Å². The number of rotatable bonds is 2. The number of hydrogen-bond donors (Lipinski definition) is 0. The van der Waals surface area contributed by atoms with Gasteiger partial charge in [0, 0.05) is 13.1 Å². The monoisotopic (exact) mass is 260 g/mol. The summed E-state index contributed by atoms with van der Waals surface area (Å²) in [4.78, 5) is 17.8. The largest absolute Gasteiger partial charge is 0.356 e. The van der Waals surface area contributed by atoms with E-state index in [4.69, 9.17) is 19.4 Å². The first-order valence-electron chi connectivity index (χ1n) is 6.31. The van der Waals surface area contributed by atoms with E-state index in [9.17, 15) is 4.79 Å². The Morgan fingerprint density at radius 2 is 1.94 bits per heavy atom. The first-order chi connectivity index (χ1) is 8.60. The zero-order chi connectivity index (χ0) is 12.8. The quantitative estimate of drug-likeness (QED) is 0.599. The van der Waals surface area contributed by atoms with E-state index in [1.54, 1.807) is 12.1 Å². The Morgan fingerprint density at radius 1 is 1.28 bits per heavy atom. The molecule has 2 heterocycles. The van der Waals surface area contributed by atoms with Gasteiger partial charge in [0.25, 0.3) is 5.24 Å². The highest BCUT2D eigenvalue weighted by Gasteiger charge is 2.44. The van der Waals surface area contributed by atoms with Gasteiger partial charge in [0.2, 0.25) is 0 Å². The highest BCUT2D eigenvalue weighted by atomic mass is 35.5. The summed E-state index contributed by atoms with van der Waals surface area (Å²) in [6.07, 6.45) is 5.07. The predicted molar refractivity (Wildman–Crippen MR) is 72.9 cm³/mol. The lowest BCUT2D eigenvalue weighted by molar-refractivity contribution is 0.108. The molecule has 0 aromatic carbocycles. The minimum atomic E-state index is -0.468. The van der Waals surface area contributed by atoms with Crippen LogP contribution in [0.25, 0.3) is 0 Å². The lowest BCUT2D eigenvalue weighted by Gasteiger charge is -2.33. The maximum Gasteiger partial charge on any atom is 0.256 e. The minimum Gasteiger partial charge on any atom is -0.356 e. The molecule has 5 heteroatoms. The van der Waals surface area contributed by atoms with E-state index < -0.39 is 5.24 Å². The second kappa shape index (κ2) is 4.27. The molecule has 92 valence electrons. The summed E-state index contributed by atoms with van der Waals surface area (Å²) < 4.78 is 0. The summed E-state index contributed by atoms with van der Waals surface area (Å²) >= 11 is 5.60. The molecule has 0 bridgehead atoms. The Bertz CT molecular complexity index is 492. The fourth-order valence-electron chi connectivity index (χ4n) is 2.73. The van der Waals surface area contributed by atoms with Crippen molar-refractivity contribution in [3.63, 3.8) is 0 Å². The average Bonchev–Trinajstić information content (AvgIpc) is 3.09. The molecule has 0 atom stereocenters. The van der Waals surface area contributed by atoms with Gasteiger partial charge in [-0.05, 0) is 54.4 Å². The third-order valence-electron chi connectivity index (χ3n) is 4.19. The summed E-state index contributed by atoms with van der Waals surface area (Å²) in [7, 11) is 5.71. The zero-order valence-electron chi connectivity index (χ0n) is 10.2. The molecule has 18 heavy (non-hydrogen) atoms. The minimum absolute atomic E-state index is 0.429. The Labute approximate surface area is 113 Å². The lowest BCUT2D eigenvalue weighted by Crippen LogP contribution is -2.36. The van der Waals surface area contributed by atoms with Crippen LogP contribution in [0.2, 0.25) is 0 Å². The molecule has 1 aromatic heterocycles. The standard InChI is InChI=1S/C13H14BClN2O/c14-10-2-1-9(11(15)18)12(16-10)17-7-5-13(3-4-13)6-8-17/h1-2H,3-8H2. The molecule has 1 aliphatic heterocycles. The summed E-state index contributed by atoms with van der Waals surface area (Å²) in [5.41, 5.74) is 1.48. The molecule has 3 nitrogen and oxygen atoms in total. The van der Waals surface area contributed by atoms with Crippen molar-refractivity contribution in [3.05, 3.63) is 17.7 Å². The number of halogens is 1. The summed E-state index contributed by atoms with van der Waals surface area (Å²) in [5.74, 6) is 0.644. The van der Waals surface area contributed by atoms with Crippen molar-refractivity contribution in [2.75, 3.05) is 18.0 Å². The van der Waals surface area contributed by atoms with Crippen molar-refractivity contribution in [2.45, 2.75) is 25.7 Å². The third-order valence-corrected chi connectivity index (χ3v) is 4.39. The Hall–Kier alpha value is -1.03. The van der Waals surface area contributed by atoms with E-state index in [0.29, 0.717) is 22.4 Å².